The molecule has 0 spiro atoms. The molecule has 1 fully saturated rings. The molecule has 4 rings (SSSR count). The van der Waals surface area contributed by atoms with Crippen molar-refractivity contribution >= 4 is 5.91 Å². The van der Waals surface area contributed by atoms with Crippen LogP contribution in [0.2, 0.25) is 0 Å². The van der Waals surface area contributed by atoms with E-state index >= 15 is 0 Å². The maximum Gasteiger partial charge on any atom is 0.230 e. The summed E-state index contributed by atoms with van der Waals surface area (Å²) >= 11 is 0. The Labute approximate surface area is 140 Å². The zero-order valence-corrected chi connectivity index (χ0v) is 13.8. The van der Waals surface area contributed by atoms with E-state index in [1.165, 1.54) is 0 Å². The molecule has 0 radical (unpaired) electrons. The van der Waals surface area contributed by atoms with Crippen LogP contribution in [-0.2, 0) is 4.79 Å². The summed E-state index contributed by atoms with van der Waals surface area (Å²) in [6.07, 6.45) is 2.69. The molecule has 1 saturated heterocycles. The molecule has 24 heavy (non-hydrogen) atoms. The van der Waals surface area contributed by atoms with Gasteiger partial charge >= 0.3 is 0 Å². The smallest absolute Gasteiger partial charge is 0.230 e. The molecule has 0 saturated carbocycles. The van der Waals surface area contributed by atoms with Crippen LogP contribution in [0.4, 0.5) is 0 Å². The zero-order valence-electron chi connectivity index (χ0n) is 13.8. The number of hydrogen-bond donors (Lipinski definition) is 0. The molecule has 6 heteroatoms. The van der Waals surface area contributed by atoms with Crippen LogP contribution >= 0.6 is 0 Å². The zero-order chi connectivity index (χ0) is 16.5. The van der Waals surface area contributed by atoms with Gasteiger partial charge in [0, 0.05) is 31.5 Å². The van der Waals surface area contributed by atoms with E-state index in [4.69, 9.17) is 9.26 Å². The van der Waals surface area contributed by atoms with Crippen molar-refractivity contribution in [3.05, 3.63) is 41.5 Å². The largest absolute Gasteiger partial charge is 0.493 e. The van der Waals surface area contributed by atoms with Gasteiger partial charge in [-0.25, -0.2) is 0 Å². The van der Waals surface area contributed by atoms with E-state index in [1.807, 2.05) is 29.2 Å². The van der Waals surface area contributed by atoms with Gasteiger partial charge < -0.3 is 14.2 Å². The average molecular weight is 327 g/mol. The molecular formula is C18H21N3O3. The van der Waals surface area contributed by atoms with E-state index < -0.39 is 0 Å². The van der Waals surface area contributed by atoms with Crippen molar-refractivity contribution in [3.63, 3.8) is 0 Å². The number of hydrogen-bond acceptors (Lipinski definition) is 5. The molecule has 1 aromatic carbocycles. The third-order valence-corrected chi connectivity index (χ3v) is 4.90. The second-order valence-electron chi connectivity index (χ2n) is 6.52. The Balaban J connectivity index is 1.52. The Morgan fingerprint density at radius 1 is 1.29 bits per heavy atom. The molecule has 0 N–H and O–H groups in total. The Morgan fingerprint density at radius 2 is 2.17 bits per heavy atom. The van der Waals surface area contributed by atoms with Crippen molar-refractivity contribution in [2.45, 2.75) is 38.0 Å². The van der Waals surface area contributed by atoms with E-state index in [1.54, 1.807) is 6.92 Å². The maximum atomic E-state index is 13.1. The molecule has 3 heterocycles. The molecule has 0 bridgehead atoms. The number of fused-ring (bicyclic) bond motifs is 1. The number of carbonyl (C=O) groups excluding carboxylic acids is 1. The van der Waals surface area contributed by atoms with Gasteiger partial charge in [0.15, 0.2) is 5.82 Å². The van der Waals surface area contributed by atoms with Crippen LogP contribution in [0.3, 0.4) is 0 Å². The third-order valence-electron chi connectivity index (χ3n) is 4.90. The molecule has 1 amide bonds. The van der Waals surface area contributed by atoms with Gasteiger partial charge in [0.25, 0.3) is 0 Å². The molecular weight excluding hydrogens is 306 g/mol. The topological polar surface area (TPSA) is 68.5 Å². The predicted octanol–water partition coefficient (Wildman–Crippen LogP) is 2.65. The first kappa shape index (κ1) is 15.2. The molecule has 0 aliphatic carbocycles. The first-order valence-corrected chi connectivity index (χ1v) is 8.53. The van der Waals surface area contributed by atoms with E-state index in [9.17, 15) is 4.79 Å². The number of nitrogens with zero attached hydrogens (tertiary/aromatic N) is 3. The number of amides is 1. The minimum Gasteiger partial charge on any atom is -0.493 e. The van der Waals surface area contributed by atoms with Crippen molar-refractivity contribution in [1.29, 1.82) is 0 Å². The summed E-state index contributed by atoms with van der Waals surface area (Å²) in [5, 5.41) is 4.04. The predicted molar refractivity (Wildman–Crippen MR) is 86.9 cm³/mol. The summed E-state index contributed by atoms with van der Waals surface area (Å²) in [4.78, 5) is 19.4. The lowest BCUT2D eigenvalue weighted by Crippen LogP contribution is -2.42. The number of aryl methyl sites for hydroxylation is 1. The number of aromatic nitrogens is 2. The summed E-state index contributed by atoms with van der Waals surface area (Å²) in [5.74, 6) is 2.38. The number of ether oxygens (including phenoxy) is 1. The molecule has 1 aromatic heterocycles. The lowest BCUT2D eigenvalue weighted by atomic mass is 9.90. The van der Waals surface area contributed by atoms with Gasteiger partial charge in [0.05, 0.1) is 12.5 Å². The number of rotatable bonds is 2. The van der Waals surface area contributed by atoms with Gasteiger partial charge in [-0.05, 0) is 25.3 Å². The molecule has 0 unspecified atom stereocenters. The van der Waals surface area contributed by atoms with Gasteiger partial charge in [0.2, 0.25) is 11.8 Å². The number of piperidine rings is 1. The summed E-state index contributed by atoms with van der Waals surface area (Å²) in [5.41, 5.74) is 1.01. The van der Waals surface area contributed by atoms with E-state index in [-0.39, 0.29) is 17.7 Å². The molecule has 2 atom stereocenters. The fourth-order valence-corrected chi connectivity index (χ4v) is 3.69. The highest BCUT2D eigenvalue weighted by molar-refractivity contribution is 5.85. The summed E-state index contributed by atoms with van der Waals surface area (Å²) in [6.45, 7) is 3.85. The van der Waals surface area contributed by atoms with Crippen LogP contribution in [0.5, 0.6) is 5.75 Å². The summed E-state index contributed by atoms with van der Waals surface area (Å²) in [6, 6.07) is 7.85. The van der Waals surface area contributed by atoms with Gasteiger partial charge in [0.1, 0.15) is 5.75 Å². The molecule has 2 aliphatic heterocycles. The second-order valence-corrected chi connectivity index (χ2v) is 6.52. The van der Waals surface area contributed by atoms with Gasteiger partial charge in [-0.2, -0.15) is 4.98 Å². The highest BCUT2D eigenvalue weighted by Crippen LogP contribution is 2.36. The van der Waals surface area contributed by atoms with E-state index in [2.05, 4.69) is 10.1 Å². The van der Waals surface area contributed by atoms with Gasteiger partial charge in [-0.1, -0.05) is 23.4 Å². The van der Waals surface area contributed by atoms with E-state index in [0.717, 1.165) is 42.9 Å². The quantitative estimate of drug-likeness (QED) is 0.848. The van der Waals surface area contributed by atoms with Crippen molar-refractivity contribution in [3.8, 4) is 5.75 Å². The van der Waals surface area contributed by atoms with Crippen LogP contribution in [0.1, 0.15) is 48.4 Å². The first-order valence-electron chi connectivity index (χ1n) is 8.53. The Kier molecular flexibility index (Phi) is 3.96. The lowest BCUT2D eigenvalue weighted by Gasteiger charge is -2.35. The van der Waals surface area contributed by atoms with Crippen LogP contribution < -0.4 is 4.74 Å². The average Bonchev–Trinajstić information content (AvgIpc) is 3.07. The SMILES string of the molecule is Cc1nc([C@H]2CCCN(C(=O)[C@H]3CCOc4ccccc43)C2)no1. The van der Waals surface area contributed by atoms with Crippen LogP contribution in [-0.4, -0.2) is 40.6 Å². The number of likely N-dealkylation sites (tertiary alicyclic amines) is 1. The Hall–Kier alpha value is -2.37. The standard InChI is InChI=1S/C18H21N3O3/c1-12-19-17(20-24-12)13-5-4-9-21(11-13)18(22)15-8-10-23-16-7-3-2-6-14(15)16/h2-3,6-7,13,15H,4-5,8-11H2,1H3/t13-,15-/m0/s1. The maximum absolute atomic E-state index is 13.1. The number of carbonyl (C=O) groups is 1. The van der Waals surface area contributed by atoms with Crippen molar-refractivity contribution in [1.82, 2.24) is 15.0 Å². The molecule has 2 aliphatic rings. The van der Waals surface area contributed by atoms with Crippen molar-refractivity contribution in [2.75, 3.05) is 19.7 Å². The normalized spacial score (nSPS) is 23.5. The number of para-hydroxylation sites is 1. The van der Waals surface area contributed by atoms with Gasteiger partial charge in [-0.15, -0.1) is 0 Å². The molecule has 126 valence electrons. The van der Waals surface area contributed by atoms with Crippen LogP contribution in [0, 0.1) is 6.92 Å². The van der Waals surface area contributed by atoms with E-state index in [0.29, 0.717) is 19.0 Å². The summed E-state index contributed by atoms with van der Waals surface area (Å²) in [7, 11) is 0. The fraction of sp³-hybridized carbons (Fsp3) is 0.500. The first-order chi connectivity index (χ1) is 11.7. The minimum absolute atomic E-state index is 0.110. The monoisotopic (exact) mass is 327 g/mol. The van der Waals surface area contributed by atoms with Crippen LogP contribution in [0.25, 0.3) is 0 Å². The highest BCUT2D eigenvalue weighted by Gasteiger charge is 2.34. The fourth-order valence-electron chi connectivity index (χ4n) is 3.69. The van der Waals surface area contributed by atoms with Gasteiger partial charge in [-0.3, -0.25) is 4.79 Å². The second kappa shape index (κ2) is 6.26. The summed E-state index contributed by atoms with van der Waals surface area (Å²) < 4.78 is 10.8. The number of benzene rings is 1. The Morgan fingerprint density at radius 3 is 3.00 bits per heavy atom. The lowest BCUT2D eigenvalue weighted by molar-refractivity contribution is -0.134. The van der Waals surface area contributed by atoms with Crippen molar-refractivity contribution < 1.29 is 14.1 Å². The van der Waals surface area contributed by atoms with Crippen molar-refractivity contribution in [2.24, 2.45) is 0 Å². The molecule has 2 aromatic rings. The highest BCUT2D eigenvalue weighted by atomic mass is 16.5. The third kappa shape index (κ3) is 2.77. The van der Waals surface area contributed by atoms with Crippen LogP contribution in [0.15, 0.2) is 28.8 Å². The molecule has 6 nitrogen and oxygen atoms in total. The minimum atomic E-state index is -0.110. The Bertz CT molecular complexity index is 743.